The highest BCUT2D eigenvalue weighted by molar-refractivity contribution is 6.27. The highest BCUT2D eigenvalue weighted by atomic mass is 35.5. The number of hydrogen-bond donors (Lipinski definition) is 2. The lowest BCUT2D eigenvalue weighted by atomic mass is 9.99. The van der Waals surface area contributed by atoms with Crippen LogP contribution in [-0.4, -0.2) is 24.2 Å². The van der Waals surface area contributed by atoms with Crippen LogP contribution in [0.2, 0.25) is 0 Å². The average Bonchev–Trinajstić information content (AvgIpc) is 2.47. The summed E-state index contributed by atoms with van der Waals surface area (Å²) in [5.74, 6) is 0.0395. The molecule has 1 atom stereocenters. The molecule has 20 heavy (non-hydrogen) atoms. The SMILES string of the molecule is CCC(C)c1ccc(NC(=O)CCNC(=O)CCl)cc1. The topological polar surface area (TPSA) is 58.2 Å². The zero-order valence-electron chi connectivity index (χ0n) is 11.9. The first-order chi connectivity index (χ1) is 9.56. The molecule has 0 saturated heterocycles. The Kier molecular flexibility index (Phi) is 7.09. The monoisotopic (exact) mass is 296 g/mol. The first kappa shape index (κ1) is 16.5. The maximum atomic E-state index is 11.7. The molecule has 0 saturated carbocycles. The van der Waals surface area contributed by atoms with Gasteiger partial charge < -0.3 is 10.6 Å². The van der Waals surface area contributed by atoms with E-state index in [-0.39, 0.29) is 24.1 Å². The second kappa shape index (κ2) is 8.59. The summed E-state index contributed by atoms with van der Waals surface area (Å²) in [7, 11) is 0. The first-order valence-electron chi connectivity index (χ1n) is 6.79. The Morgan fingerprint density at radius 3 is 2.40 bits per heavy atom. The standard InChI is InChI=1S/C15H21ClN2O2/c1-3-11(2)12-4-6-13(7-5-12)18-14(19)8-9-17-15(20)10-16/h4-7,11H,3,8-10H2,1-2H3,(H,17,20)(H,18,19). The van der Waals surface area contributed by atoms with Gasteiger partial charge in [0.15, 0.2) is 0 Å². The van der Waals surface area contributed by atoms with Gasteiger partial charge in [0, 0.05) is 18.7 Å². The molecular weight excluding hydrogens is 276 g/mol. The van der Waals surface area contributed by atoms with Gasteiger partial charge in [-0.3, -0.25) is 9.59 Å². The molecule has 0 aliphatic heterocycles. The van der Waals surface area contributed by atoms with Crippen molar-refractivity contribution in [2.45, 2.75) is 32.6 Å². The molecule has 2 N–H and O–H groups in total. The minimum absolute atomic E-state index is 0.0846. The summed E-state index contributed by atoms with van der Waals surface area (Å²) in [6, 6.07) is 7.85. The molecular formula is C15H21ClN2O2. The molecule has 1 aromatic carbocycles. The third kappa shape index (κ3) is 5.61. The molecule has 0 fully saturated rings. The molecule has 2 amide bonds. The summed E-state index contributed by atoms with van der Waals surface area (Å²) >= 11 is 5.34. The van der Waals surface area contributed by atoms with Gasteiger partial charge >= 0.3 is 0 Å². The number of alkyl halides is 1. The Labute approximate surface area is 124 Å². The maximum absolute atomic E-state index is 11.7. The Morgan fingerprint density at radius 2 is 1.85 bits per heavy atom. The van der Waals surface area contributed by atoms with Crippen LogP contribution >= 0.6 is 11.6 Å². The highest BCUT2D eigenvalue weighted by Crippen LogP contribution is 2.20. The molecule has 0 radical (unpaired) electrons. The fourth-order valence-corrected chi connectivity index (χ4v) is 1.81. The molecule has 5 heteroatoms. The normalized spacial score (nSPS) is 11.8. The Bertz CT molecular complexity index is 446. The molecule has 110 valence electrons. The highest BCUT2D eigenvalue weighted by Gasteiger charge is 2.05. The molecule has 0 heterocycles. The van der Waals surface area contributed by atoms with Crippen LogP contribution in [0.15, 0.2) is 24.3 Å². The lowest BCUT2D eigenvalue weighted by molar-refractivity contribution is -0.119. The van der Waals surface area contributed by atoms with Crippen molar-refractivity contribution in [1.29, 1.82) is 0 Å². The van der Waals surface area contributed by atoms with Crippen molar-refractivity contribution in [3.63, 3.8) is 0 Å². The minimum atomic E-state index is -0.266. The van der Waals surface area contributed by atoms with E-state index in [9.17, 15) is 9.59 Å². The molecule has 0 aromatic heterocycles. The summed E-state index contributed by atoms with van der Waals surface area (Å²) in [5.41, 5.74) is 2.03. The Hall–Kier alpha value is -1.55. The molecule has 0 aliphatic rings. The largest absolute Gasteiger partial charge is 0.355 e. The summed E-state index contributed by atoms with van der Waals surface area (Å²) < 4.78 is 0. The molecule has 4 nitrogen and oxygen atoms in total. The van der Waals surface area contributed by atoms with Crippen LogP contribution < -0.4 is 10.6 Å². The van der Waals surface area contributed by atoms with Gasteiger partial charge in [0.2, 0.25) is 11.8 Å². The van der Waals surface area contributed by atoms with E-state index in [1.54, 1.807) is 0 Å². The van der Waals surface area contributed by atoms with Crippen LogP contribution in [0, 0.1) is 0 Å². The first-order valence-corrected chi connectivity index (χ1v) is 7.32. The van der Waals surface area contributed by atoms with Gasteiger partial charge in [-0.2, -0.15) is 0 Å². The second-order valence-corrected chi connectivity index (χ2v) is 4.98. The van der Waals surface area contributed by atoms with Gasteiger partial charge in [-0.05, 0) is 30.0 Å². The predicted molar refractivity (Wildman–Crippen MR) is 82.1 cm³/mol. The number of halogens is 1. The van der Waals surface area contributed by atoms with E-state index in [0.717, 1.165) is 12.1 Å². The van der Waals surface area contributed by atoms with Crippen molar-refractivity contribution in [3.05, 3.63) is 29.8 Å². The Morgan fingerprint density at radius 1 is 1.20 bits per heavy atom. The van der Waals surface area contributed by atoms with Crippen molar-refractivity contribution in [2.75, 3.05) is 17.7 Å². The molecule has 0 spiro atoms. The second-order valence-electron chi connectivity index (χ2n) is 4.71. The zero-order chi connectivity index (χ0) is 15.0. The fourth-order valence-electron chi connectivity index (χ4n) is 1.72. The van der Waals surface area contributed by atoms with Gasteiger partial charge in [0.05, 0.1) is 0 Å². The van der Waals surface area contributed by atoms with E-state index in [2.05, 4.69) is 24.5 Å². The van der Waals surface area contributed by atoms with E-state index in [0.29, 0.717) is 12.5 Å². The number of hydrogen-bond acceptors (Lipinski definition) is 2. The van der Waals surface area contributed by atoms with Crippen molar-refractivity contribution in [2.24, 2.45) is 0 Å². The number of carbonyl (C=O) groups is 2. The number of amides is 2. The summed E-state index contributed by atoms with van der Waals surface area (Å²) in [6.45, 7) is 4.62. The van der Waals surface area contributed by atoms with Crippen molar-refractivity contribution in [1.82, 2.24) is 5.32 Å². The van der Waals surface area contributed by atoms with E-state index < -0.39 is 0 Å². The fraction of sp³-hybridized carbons (Fsp3) is 0.467. The molecule has 1 rings (SSSR count). The summed E-state index contributed by atoms with van der Waals surface area (Å²) in [4.78, 5) is 22.6. The number of anilines is 1. The third-order valence-electron chi connectivity index (χ3n) is 3.17. The molecule has 1 aromatic rings. The van der Waals surface area contributed by atoms with Crippen molar-refractivity contribution < 1.29 is 9.59 Å². The summed E-state index contributed by atoms with van der Waals surface area (Å²) in [6.07, 6.45) is 1.32. The lowest BCUT2D eigenvalue weighted by Gasteiger charge is -2.10. The third-order valence-corrected chi connectivity index (χ3v) is 3.41. The number of benzene rings is 1. The molecule has 0 aliphatic carbocycles. The van der Waals surface area contributed by atoms with Crippen molar-refractivity contribution in [3.8, 4) is 0 Å². The van der Waals surface area contributed by atoms with Gasteiger partial charge in [0.25, 0.3) is 0 Å². The van der Waals surface area contributed by atoms with E-state index in [1.165, 1.54) is 5.56 Å². The number of nitrogens with one attached hydrogen (secondary N) is 2. The number of rotatable bonds is 7. The van der Waals surface area contributed by atoms with Gasteiger partial charge in [-0.25, -0.2) is 0 Å². The average molecular weight is 297 g/mol. The van der Waals surface area contributed by atoms with E-state index in [4.69, 9.17) is 11.6 Å². The maximum Gasteiger partial charge on any atom is 0.234 e. The van der Waals surface area contributed by atoms with Gasteiger partial charge in [0.1, 0.15) is 5.88 Å². The van der Waals surface area contributed by atoms with Crippen LogP contribution in [0.3, 0.4) is 0 Å². The van der Waals surface area contributed by atoms with E-state index in [1.807, 2.05) is 24.3 Å². The predicted octanol–water partition coefficient (Wildman–Crippen LogP) is 2.88. The molecule has 1 unspecified atom stereocenters. The minimum Gasteiger partial charge on any atom is -0.355 e. The quantitative estimate of drug-likeness (QED) is 0.760. The van der Waals surface area contributed by atoms with Gasteiger partial charge in [-0.15, -0.1) is 11.6 Å². The van der Waals surface area contributed by atoms with Gasteiger partial charge in [-0.1, -0.05) is 26.0 Å². The Balaban J connectivity index is 2.40. The smallest absolute Gasteiger partial charge is 0.234 e. The van der Waals surface area contributed by atoms with Crippen LogP contribution in [0.25, 0.3) is 0 Å². The van der Waals surface area contributed by atoms with Crippen LogP contribution in [0.5, 0.6) is 0 Å². The van der Waals surface area contributed by atoms with Crippen LogP contribution in [0.4, 0.5) is 5.69 Å². The lowest BCUT2D eigenvalue weighted by Crippen LogP contribution is -2.28. The number of carbonyl (C=O) groups excluding carboxylic acids is 2. The van der Waals surface area contributed by atoms with E-state index >= 15 is 0 Å². The summed E-state index contributed by atoms with van der Waals surface area (Å²) in [5, 5.41) is 5.34. The van der Waals surface area contributed by atoms with Crippen LogP contribution in [0.1, 0.15) is 38.2 Å². The van der Waals surface area contributed by atoms with Crippen LogP contribution in [-0.2, 0) is 9.59 Å². The van der Waals surface area contributed by atoms with Crippen molar-refractivity contribution >= 4 is 29.1 Å². The molecule has 0 bridgehead atoms. The zero-order valence-corrected chi connectivity index (χ0v) is 12.7.